The predicted octanol–water partition coefficient (Wildman–Crippen LogP) is -1.91. The van der Waals surface area contributed by atoms with Crippen LogP contribution in [0.5, 0.6) is 0 Å². The van der Waals surface area contributed by atoms with Crippen molar-refractivity contribution in [2.45, 2.75) is 78.8 Å². The molecule has 2 aromatic carbocycles. The lowest BCUT2D eigenvalue weighted by Crippen LogP contribution is -2.42. The highest BCUT2D eigenvalue weighted by Crippen LogP contribution is 2.36. The van der Waals surface area contributed by atoms with Crippen LogP contribution in [0.2, 0.25) is 0 Å². The molecule has 0 fully saturated rings. The molecule has 310 valence electrons. The molecule has 4 atom stereocenters. The average molecular weight is 790 g/mol. The molecule has 0 bridgehead atoms. The van der Waals surface area contributed by atoms with Gasteiger partial charge in [-0.25, -0.2) is 0 Å². The van der Waals surface area contributed by atoms with Gasteiger partial charge in [0, 0.05) is 41.9 Å². The van der Waals surface area contributed by atoms with Crippen LogP contribution in [-0.4, -0.2) is 150 Å². The van der Waals surface area contributed by atoms with E-state index in [-0.39, 0.29) is 82.8 Å². The highest BCUT2D eigenvalue weighted by Gasteiger charge is 2.31. The summed E-state index contributed by atoms with van der Waals surface area (Å²) in [6.45, 7) is 5.72. The Morgan fingerprint density at radius 1 is 0.554 bits per heavy atom. The van der Waals surface area contributed by atoms with Gasteiger partial charge in [0.15, 0.2) is 6.29 Å². The minimum absolute atomic E-state index is 0.0245. The lowest BCUT2D eigenvalue weighted by molar-refractivity contribution is -0.108. The topological polar surface area (TPSA) is 287 Å². The molecule has 2 rings (SSSR count). The highest BCUT2D eigenvalue weighted by atomic mass is 16.3. The van der Waals surface area contributed by atoms with E-state index in [0.29, 0.717) is 35.8 Å². The number of benzene rings is 2. The van der Waals surface area contributed by atoms with Gasteiger partial charge in [-0.3, -0.25) is 28.8 Å². The van der Waals surface area contributed by atoms with Crippen molar-refractivity contribution in [1.82, 2.24) is 16.0 Å². The SMILES string of the molecule is CCc1c(C(=O)NCC(O)CO)c(C)c(C=O)c(C)c1N(C=O)CC(O)CN(C=O)c1c(C)c(C(=O)NCC(O)CO)c(C)c(C(=O)NCC(O)CO)c1CC. The standard InChI is InChI=1S/C38H55N5O13/c1-7-28-32(37(55)40-10-25(51)15-45)20(3)30(17-47)21(4)34(28)42(18-48)12-27(53)13-43(19-49)35-23(6)31(36(54)39-9-24(50)14-44)22(5)33(29(35)8-2)38(56)41-11-26(52)16-46/h17-19,24-27,44-46,50-53H,7-16H2,1-6H3,(H,39,54)(H,40,55)(H,41,56). The second-order valence-electron chi connectivity index (χ2n) is 13.3. The number of carbonyl (C=O) groups is 6. The van der Waals surface area contributed by atoms with E-state index < -0.39 is 75.0 Å². The molecule has 0 saturated heterocycles. The Kier molecular flexibility index (Phi) is 18.6. The number of aldehydes is 1. The number of nitrogens with zero attached hydrogens (tertiary/aromatic N) is 2. The molecular formula is C38H55N5O13. The van der Waals surface area contributed by atoms with Crippen LogP contribution in [0.25, 0.3) is 0 Å². The summed E-state index contributed by atoms with van der Waals surface area (Å²) >= 11 is 0. The lowest BCUT2D eigenvalue weighted by atomic mass is 9.87. The van der Waals surface area contributed by atoms with Crippen LogP contribution in [0.1, 0.15) is 88.7 Å². The first-order valence-corrected chi connectivity index (χ1v) is 18.1. The first-order valence-electron chi connectivity index (χ1n) is 18.1. The Hall–Kier alpha value is -4.82. The van der Waals surface area contributed by atoms with Gasteiger partial charge in [0.1, 0.15) is 0 Å². The van der Waals surface area contributed by atoms with Gasteiger partial charge in [-0.2, -0.15) is 0 Å². The Bertz CT molecular complexity index is 1750. The molecule has 18 nitrogen and oxygen atoms in total. The summed E-state index contributed by atoms with van der Waals surface area (Å²) in [5.41, 5.74) is 2.02. The van der Waals surface area contributed by atoms with Crippen LogP contribution >= 0.6 is 0 Å². The molecule has 0 aromatic heterocycles. The van der Waals surface area contributed by atoms with Crippen molar-refractivity contribution in [2.24, 2.45) is 0 Å². The second kappa shape index (κ2) is 22.1. The Balaban J connectivity index is 2.74. The number of hydrogen-bond donors (Lipinski definition) is 10. The highest BCUT2D eigenvalue weighted by molar-refractivity contribution is 6.07. The number of aliphatic hydroxyl groups is 7. The van der Waals surface area contributed by atoms with E-state index in [9.17, 15) is 64.5 Å². The third kappa shape index (κ3) is 10.9. The summed E-state index contributed by atoms with van der Waals surface area (Å²) in [6, 6.07) is 0. The first-order chi connectivity index (χ1) is 26.5. The number of amides is 5. The molecule has 56 heavy (non-hydrogen) atoms. The van der Waals surface area contributed by atoms with Crippen molar-refractivity contribution in [1.29, 1.82) is 0 Å². The van der Waals surface area contributed by atoms with Gasteiger partial charge in [0.25, 0.3) is 17.7 Å². The van der Waals surface area contributed by atoms with Crippen molar-refractivity contribution in [3.8, 4) is 0 Å². The second-order valence-corrected chi connectivity index (χ2v) is 13.3. The van der Waals surface area contributed by atoms with E-state index in [4.69, 9.17) is 0 Å². The quantitative estimate of drug-likeness (QED) is 0.0551. The number of rotatable bonds is 23. The van der Waals surface area contributed by atoms with Crippen LogP contribution in [0.15, 0.2) is 0 Å². The zero-order chi connectivity index (χ0) is 42.4. The van der Waals surface area contributed by atoms with Crippen molar-refractivity contribution < 1.29 is 64.5 Å². The largest absolute Gasteiger partial charge is 0.394 e. The molecule has 0 radical (unpaired) electrons. The van der Waals surface area contributed by atoms with Crippen LogP contribution in [0.4, 0.5) is 11.4 Å². The predicted molar refractivity (Wildman–Crippen MR) is 205 cm³/mol. The van der Waals surface area contributed by atoms with Crippen LogP contribution < -0.4 is 25.8 Å². The smallest absolute Gasteiger partial charge is 0.252 e. The maximum absolute atomic E-state index is 13.6. The van der Waals surface area contributed by atoms with Crippen molar-refractivity contribution in [2.75, 3.05) is 62.3 Å². The normalized spacial score (nSPS) is 13.2. The molecule has 0 aliphatic rings. The number of anilines is 2. The summed E-state index contributed by atoms with van der Waals surface area (Å²) in [6.07, 6.45) is -3.72. The third-order valence-electron chi connectivity index (χ3n) is 9.47. The summed E-state index contributed by atoms with van der Waals surface area (Å²) in [4.78, 5) is 80.7. The molecule has 18 heteroatoms. The molecule has 0 heterocycles. The van der Waals surface area contributed by atoms with Gasteiger partial charge in [0.05, 0.1) is 68.7 Å². The molecule has 2 aromatic rings. The van der Waals surface area contributed by atoms with Gasteiger partial charge in [-0.05, 0) is 73.9 Å². The summed E-state index contributed by atoms with van der Waals surface area (Å²) in [7, 11) is 0. The fraction of sp³-hybridized carbons (Fsp3) is 0.526. The third-order valence-corrected chi connectivity index (χ3v) is 9.47. The van der Waals surface area contributed by atoms with Crippen molar-refractivity contribution in [3.05, 3.63) is 55.6 Å². The van der Waals surface area contributed by atoms with Gasteiger partial charge >= 0.3 is 0 Å². The molecular weight excluding hydrogens is 734 g/mol. The molecule has 4 unspecified atom stereocenters. The Morgan fingerprint density at radius 3 is 1.25 bits per heavy atom. The van der Waals surface area contributed by atoms with E-state index in [2.05, 4.69) is 16.0 Å². The minimum atomic E-state index is -1.51. The monoisotopic (exact) mass is 789 g/mol. The summed E-state index contributed by atoms with van der Waals surface area (Å²) in [5, 5.41) is 76.3. The lowest BCUT2D eigenvalue weighted by Gasteiger charge is -2.32. The maximum atomic E-state index is 13.6. The Morgan fingerprint density at radius 2 is 0.911 bits per heavy atom. The van der Waals surface area contributed by atoms with E-state index in [1.54, 1.807) is 27.7 Å². The van der Waals surface area contributed by atoms with E-state index >= 15 is 0 Å². The average Bonchev–Trinajstić information content (AvgIpc) is 3.18. The number of nitrogens with one attached hydrogen (secondary N) is 3. The van der Waals surface area contributed by atoms with Gasteiger partial charge in [-0.15, -0.1) is 0 Å². The fourth-order valence-electron chi connectivity index (χ4n) is 6.78. The van der Waals surface area contributed by atoms with Crippen LogP contribution in [-0.2, 0) is 22.4 Å². The minimum Gasteiger partial charge on any atom is -0.394 e. The van der Waals surface area contributed by atoms with Crippen molar-refractivity contribution >= 4 is 48.2 Å². The summed E-state index contributed by atoms with van der Waals surface area (Å²) < 4.78 is 0. The van der Waals surface area contributed by atoms with Gasteiger partial charge < -0.3 is 61.5 Å². The maximum Gasteiger partial charge on any atom is 0.252 e. The van der Waals surface area contributed by atoms with E-state index in [1.165, 1.54) is 13.8 Å². The molecule has 10 N–H and O–H groups in total. The molecule has 0 spiro atoms. The van der Waals surface area contributed by atoms with Gasteiger partial charge in [0.2, 0.25) is 12.8 Å². The first kappa shape index (κ1) is 47.3. The van der Waals surface area contributed by atoms with Gasteiger partial charge in [-0.1, -0.05) is 13.8 Å². The molecule has 0 aliphatic carbocycles. The van der Waals surface area contributed by atoms with Crippen LogP contribution in [0.3, 0.4) is 0 Å². The van der Waals surface area contributed by atoms with Crippen molar-refractivity contribution in [3.63, 3.8) is 0 Å². The molecule has 0 aliphatic heterocycles. The molecule has 5 amide bonds. The van der Waals surface area contributed by atoms with E-state index in [0.717, 1.165) is 9.80 Å². The summed E-state index contributed by atoms with van der Waals surface area (Å²) in [5.74, 6) is -2.17. The molecule has 0 saturated carbocycles. The zero-order valence-corrected chi connectivity index (χ0v) is 32.6. The number of aliphatic hydroxyl groups excluding tert-OH is 7. The van der Waals surface area contributed by atoms with E-state index in [1.807, 2.05) is 0 Å². The fourth-order valence-corrected chi connectivity index (χ4v) is 6.78. The number of hydrogen-bond acceptors (Lipinski definition) is 13. The Labute approximate surface area is 325 Å². The zero-order valence-electron chi connectivity index (χ0n) is 32.6. The van der Waals surface area contributed by atoms with Crippen LogP contribution in [0, 0.1) is 27.7 Å². The number of carbonyl (C=O) groups excluding carboxylic acids is 6.